The van der Waals surface area contributed by atoms with Crippen molar-refractivity contribution < 1.29 is 13.2 Å². The molecule has 0 unspecified atom stereocenters. The molecule has 0 radical (unpaired) electrons. The number of nitrogens with zero attached hydrogens (tertiary/aromatic N) is 5. The summed E-state index contributed by atoms with van der Waals surface area (Å²) < 4.78 is 28.5. The molecule has 10 nitrogen and oxygen atoms in total. The highest BCUT2D eigenvalue weighted by Gasteiger charge is 2.27. The fourth-order valence-corrected chi connectivity index (χ4v) is 5.68. The molecule has 3 heterocycles. The van der Waals surface area contributed by atoms with Gasteiger partial charge < -0.3 is 10.6 Å². The molecular formula is C22H29N7O3S2. The van der Waals surface area contributed by atoms with Gasteiger partial charge >= 0.3 is 0 Å². The highest BCUT2D eigenvalue weighted by molar-refractivity contribution is 7.98. The van der Waals surface area contributed by atoms with Crippen LogP contribution in [0.5, 0.6) is 0 Å². The Morgan fingerprint density at radius 3 is 2.50 bits per heavy atom. The van der Waals surface area contributed by atoms with Crippen molar-refractivity contribution >= 4 is 44.5 Å². The molecule has 1 aliphatic heterocycles. The van der Waals surface area contributed by atoms with Crippen molar-refractivity contribution in [2.75, 3.05) is 31.2 Å². The fraction of sp³-hybridized carbons (Fsp3) is 0.455. The van der Waals surface area contributed by atoms with Gasteiger partial charge in [-0.15, -0.1) is 0 Å². The minimum atomic E-state index is -3.49. The quantitative estimate of drug-likeness (QED) is 0.338. The number of fused-ring (bicyclic) bond motifs is 1. The summed E-state index contributed by atoms with van der Waals surface area (Å²) in [6.07, 6.45) is 5.41. The average molecular weight is 504 g/mol. The summed E-state index contributed by atoms with van der Waals surface area (Å²) in [7, 11) is -3.49. The zero-order valence-electron chi connectivity index (χ0n) is 19.5. The number of amides is 1. The number of carbonyl (C=O) groups is 1. The topological polar surface area (TPSA) is 122 Å². The third-order valence-electron chi connectivity index (χ3n) is 5.51. The molecule has 4 rings (SSSR count). The second-order valence-corrected chi connectivity index (χ2v) is 11.1. The van der Waals surface area contributed by atoms with E-state index in [9.17, 15) is 13.2 Å². The lowest BCUT2D eigenvalue weighted by molar-refractivity contribution is 0.0952. The molecule has 182 valence electrons. The van der Waals surface area contributed by atoms with Gasteiger partial charge in [0.2, 0.25) is 10.0 Å². The summed E-state index contributed by atoms with van der Waals surface area (Å²) in [4.78, 5) is 21.9. The van der Waals surface area contributed by atoms with Gasteiger partial charge in [-0.1, -0.05) is 11.8 Å². The van der Waals surface area contributed by atoms with Crippen molar-refractivity contribution in [3.63, 3.8) is 0 Å². The van der Waals surface area contributed by atoms with Crippen molar-refractivity contribution in [1.82, 2.24) is 29.4 Å². The lowest BCUT2D eigenvalue weighted by Crippen LogP contribution is -2.29. The second-order valence-electron chi connectivity index (χ2n) is 8.35. The van der Waals surface area contributed by atoms with E-state index < -0.39 is 10.0 Å². The van der Waals surface area contributed by atoms with E-state index in [-0.39, 0.29) is 16.8 Å². The zero-order valence-corrected chi connectivity index (χ0v) is 21.1. The maximum Gasteiger partial charge on any atom is 0.251 e. The molecule has 0 aliphatic carbocycles. The van der Waals surface area contributed by atoms with Crippen LogP contribution >= 0.6 is 11.8 Å². The molecule has 12 heteroatoms. The first kappa shape index (κ1) is 24.4. The average Bonchev–Trinajstić information content (AvgIpc) is 3.50. The van der Waals surface area contributed by atoms with Gasteiger partial charge in [0, 0.05) is 31.2 Å². The van der Waals surface area contributed by atoms with Gasteiger partial charge in [0.25, 0.3) is 5.91 Å². The van der Waals surface area contributed by atoms with E-state index in [4.69, 9.17) is 0 Å². The van der Waals surface area contributed by atoms with Crippen LogP contribution in [0.1, 0.15) is 37.0 Å². The fourth-order valence-electron chi connectivity index (χ4n) is 3.81. The maximum atomic E-state index is 12.7. The molecular weight excluding hydrogens is 474 g/mol. The SMILES string of the molecule is CSc1nc(NC(C)C)c2cnn(CCNC(=O)c3ccc(S(=O)(=O)N4CCCC4)cc3)c2n1. The molecule has 3 aromatic rings. The molecule has 0 spiro atoms. The van der Waals surface area contributed by atoms with Gasteiger partial charge in [-0.25, -0.2) is 23.1 Å². The smallest absolute Gasteiger partial charge is 0.251 e. The number of nitrogens with one attached hydrogen (secondary N) is 2. The van der Waals surface area contributed by atoms with Crippen LogP contribution in [0.4, 0.5) is 5.82 Å². The number of rotatable bonds is 9. The van der Waals surface area contributed by atoms with Gasteiger partial charge in [0.1, 0.15) is 5.82 Å². The number of thioether (sulfide) groups is 1. The number of sulfonamides is 1. The summed E-state index contributed by atoms with van der Waals surface area (Å²) in [5.41, 5.74) is 1.11. The van der Waals surface area contributed by atoms with Crippen molar-refractivity contribution in [3.05, 3.63) is 36.0 Å². The molecule has 0 atom stereocenters. The Labute approximate surface area is 203 Å². The van der Waals surface area contributed by atoms with Crippen molar-refractivity contribution in [2.24, 2.45) is 0 Å². The van der Waals surface area contributed by atoms with E-state index in [0.717, 1.165) is 24.0 Å². The highest BCUT2D eigenvalue weighted by atomic mass is 32.2. The Balaban J connectivity index is 1.41. The summed E-state index contributed by atoms with van der Waals surface area (Å²) in [6, 6.07) is 6.29. The van der Waals surface area contributed by atoms with Gasteiger partial charge in [-0.05, 0) is 57.2 Å². The van der Waals surface area contributed by atoms with Crippen LogP contribution in [-0.2, 0) is 16.6 Å². The lowest BCUT2D eigenvalue weighted by Gasteiger charge is -2.15. The minimum Gasteiger partial charge on any atom is -0.367 e. The monoisotopic (exact) mass is 503 g/mol. The lowest BCUT2D eigenvalue weighted by atomic mass is 10.2. The van der Waals surface area contributed by atoms with Crippen LogP contribution in [-0.4, -0.2) is 70.3 Å². The molecule has 2 aromatic heterocycles. The molecule has 1 saturated heterocycles. The van der Waals surface area contributed by atoms with Crippen LogP contribution in [0.3, 0.4) is 0 Å². The molecule has 1 amide bonds. The van der Waals surface area contributed by atoms with E-state index in [0.29, 0.717) is 42.5 Å². The largest absolute Gasteiger partial charge is 0.367 e. The van der Waals surface area contributed by atoms with Crippen molar-refractivity contribution in [2.45, 2.75) is 49.3 Å². The van der Waals surface area contributed by atoms with E-state index in [2.05, 4.69) is 25.7 Å². The van der Waals surface area contributed by atoms with Crippen molar-refractivity contribution in [3.8, 4) is 0 Å². The predicted octanol–water partition coefficient (Wildman–Crippen LogP) is 2.58. The number of carbonyl (C=O) groups excluding carboxylic acids is 1. The predicted molar refractivity (Wildman–Crippen MR) is 133 cm³/mol. The number of aromatic nitrogens is 4. The van der Waals surface area contributed by atoms with Crippen LogP contribution in [0.2, 0.25) is 0 Å². The summed E-state index contributed by atoms with van der Waals surface area (Å²) in [6.45, 7) is 5.95. The van der Waals surface area contributed by atoms with Gasteiger partial charge in [-0.2, -0.15) is 9.40 Å². The van der Waals surface area contributed by atoms with Crippen LogP contribution in [0.25, 0.3) is 11.0 Å². The highest BCUT2D eigenvalue weighted by Crippen LogP contribution is 2.24. The zero-order chi connectivity index (χ0) is 24.3. The third kappa shape index (κ3) is 5.18. The standard InChI is InChI=1S/C22H29N7O3S2/c1-15(2)25-19-18-14-24-29(20(18)27-22(26-19)33-3)13-10-23-21(30)16-6-8-17(9-7-16)34(31,32)28-11-4-5-12-28/h6-9,14-15H,4-5,10-13H2,1-3H3,(H,23,30)(H,25,26,27). The van der Waals surface area contributed by atoms with Crippen LogP contribution in [0, 0.1) is 0 Å². The maximum absolute atomic E-state index is 12.7. The van der Waals surface area contributed by atoms with E-state index in [1.54, 1.807) is 23.0 Å². The molecule has 1 aromatic carbocycles. The Morgan fingerprint density at radius 2 is 1.85 bits per heavy atom. The minimum absolute atomic E-state index is 0.212. The van der Waals surface area contributed by atoms with E-state index >= 15 is 0 Å². The van der Waals surface area contributed by atoms with Crippen molar-refractivity contribution in [1.29, 1.82) is 0 Å². The van der Waals surface area contributed by atoms with Gasteiger partial charge in [0.05, 0.1) is 23.0 Å². The van der Waals surface area contributed by atoms with E-state index in [1.807, 2.05) is 20.1 Å². The van der Waals surface area contributed by atoms with Gasteiger partial charge in [-0.3, -0.25) is 4.79 Å². The molecule has 1 aliphatic rings. The Bertz CT molecular complexity index is 1270. The number of hydrogen-bond acceptors (Lipinski definition) is 8. The summed E-state index contributed by atoms with van der Waals surface area (Å²) in [5.74, 6) is 0.465. The Hall–Kier alpha value is -2.70. The first-order chi connectivity index (χ1) is 16.3. The third-order valence-corrected chi connectivity index (χ3v) is 7.97. The van der Waals surface area contributed by atoms with Crippen LogP contribution < -0.4 is 10.6 Å². The number of benzene rings is 1. The number of hydrogen-bond donors (Lipinski definition) is 2. The number of anilines is 1. The summed E-state index contributed by atoms with van der Waals surface area (Å²) in [5, 5.41) is 12.1. The first-order valence-corrected chi connectivity index (χ1v) is 13.9. The van der Waals surface area contributed by atoms with Gasteiger partial charge in [0.15, 0.2) is 10.8 Å². The molecule has 2 N–H and O–H groups in total. The second kappa shape index (κ2) is 10.3. The molecule has 0 bridgehead atoms. The molecule has 1 fully saturated rings. The Morgan fingerprint density at radius 1 is 1.15 bits per heavy atom. The molecule has 0 saturated carbocycles. The summed E-state index contributed by atoms with van der Waals surface area (Å²) >= 11 is 1.45. The molecule has 34 heavy (non-hydrogen) atoms. The van der Waals surface area contributed by atoms with E-state index in [1.165, 1.54) is 28.2 Å². The van der Waals surface area contributed by atoms with Crippen LogP contribution in [0.15, 0.2) is 40.5 Å². The first-order valence-electron chi connectivity index (χ1n) is 11.2. The normalized spacial score (nSPS) is 14.7. The Kier molecular flexibility index (Phi) is 7.39.